The summed E-state index contributed by atoms with van der Waals surface area (Å²) >= 11 is 0. The van der Waals surface area contributed by atoms with Gasteiger partial charge in [0.05, 0.1) is 11.9 Å². The van der Waals surface area contributed by atoms with Crippen LogP contribution in [0.25, 0.3) is 0 Å². The number of rotatable bonds is 4. The van der Waals surface area contributed by atoms with Crippen molar-refractivity contribution in [3.63, 3.8) is 0 Å². The van der Waals surface area contributed by atoms with Crippen molar-refractivity contribution in [3.8, 4) is 0 Å². The van der Waals surface area contributed by atoms with Crippen LogP contribution in [0.15, 0.2) is 60.8 Å². The van der Waals surface area contributed by atoms with Gasteiger partial charge in [-0.3, -0.25) is 9.59 Å². The molecule has 1 fully saturated rings. The lowest BCUT2D eigenvalue weighted by Gasteiger charge is -2.35. The molecule has 0 spiro atoms. The minimum atomic E-state index is -0.816. The molecule has 2 amide bonds. The van der Waals surface area contributed by atoms with E-state index in [9.17, 15) is 18.4 Å². The van der Waals surface area contributed by atoms with Crippen molar-refractivity contribution in [1.82, 2.24) is 9.88 Å². The first kappa shape index (κ1) is 21.4. The Balaban J connectivity index is 1.35. The summed E-state index contributed by atoms with van der Waals surface area (Å²) in [7, 11) is 0. The summed E-state index contributed by atoms with van der Waals surface area (Å²) in [5, 5.41) is 2.58. The summed E-state index contributed by atoms with van der Waals surface area (Å²) in [6.45, 7) is 4.37. The predicted molar refractivity (Wildman–Crippen MR) is 118 cm³/mol. The lowest BCUT2D eigenvalue weighted by molar-refractivity contribution is 0.0745. The number of nitrogens with zero attached hydrogens (tertiary/aromatic N) is 3. The second kappa shape index (κ2) is 9.13. The molecule has 0 atom stereocenters. The molecule has 0 unspecified atom stereocenters. The molecule has 1 aliphatic rings. The molecule has 1 N–H and O–H groups in total. The third kappa shape index (κ3) is 4.74. The largest absolute Gasteiger partial charge is 0.353 e. The number of hydrogen-bond acceptors (Lipinski definition) is 4. The summed E-state index contributed by atoms with van der Waals surface area (Å²) in [6.07, 6.45) is 1.49. The van der Waals surface area contributed by atoms with E-state index < -0.39 is 17.5 Å². The van der Waals surface area contributed by atoms with Crippen LogP contribution in [0.2, 0.25) is 0 Å². The van der Waals surface area contributed by atoms with E-state index in [-0.39, 0.29) is 11.5 Å². The molecule has 2 aromatic carbocycles. The van der Waals surface area contributed by atoms with Crippen LogP contribution in [0, 0.1) is 18.6 Å². The second-order valence-electron chi connectivity index (χ2n) is 7.61. The number of hydrogen-bond donors (Lipinski definition) is 1. The van der Waals surface area contributed by atoms with Crippen molar-refractivity contribution in [2.75, 3.05) is 36.4 Å². The second-order valence-corrected chi connectivity index (χ2v) is 7.61. The van der Waals surface area contributed by atoms with Gasteiger partial charge in [0.2, 0.25) is 0 Å². The third-order valence-corrected chi connectivity index (χ3v) is 5.40. The fourth-order valence-electron chi connectivity index (χ4n) is 3.66. The number of carbonyl (C=O) groups excluding carboxylic acids is 2. The molecule has 8 heteroatoms. The van der Waals surface area contributed by atoms with Crippen LogP contribution in [0.1, 0.15) is 26.3 Å². The Morgan fingerprint density at radius 2 is 1.62 bits per heavy atom. The Kier molecular flexibility index (Phi) is 6.11. The highest BCUT2D eigenvalue weighted by Gasteiger charge is 2.23. The molecule has 0 aliphatic carbocycles. The smallest absolute Gasteiger partial charge is 0.255 e. The van der Waals surface area contributed by atoms with Crippen molar-refractivity contribution in [3.05, 3.63) is 89.1 Å². The standard InChI is InChI=1S/C24H22F2N4O2/c1-16-4-2-3-5-21(16)24(32)30-10-8-29(9-11-30)22-7-6-20(15-27-22)28-23(31)17-12-18(25)14-19(26)13-17/h2-7,12-15H,8-11H2,1H3,(H,28,31). The SMILES string of the molecule is Cc1ccccc1C(=O)N1CCN(c2ccc(NC(=O)c3cc(F)cc(F)c3)cn2)CC1. The van der Waals surface area contributed by atoms with Gasteiger partial charge in [-0.1, -0.05) is 18.2 Å². The monoisotopic (exact) mass is 436 g/mol. The van der Waals surface area contributed by atoms with Crippen molar-refractivity contribution < 1.29 is 18.4 Å². The number of carbonyl (C=O) groups is 2. The molecule has 2 heterocycles. The highest BCUT2D eigenvalue weighted by Crippen LogP contribution is 2.19. The number of aromatic nitrogens is 1. The van der Waals surface area contributed by atoms with E-state index in [2.05, 4.69) is 15.2 Å². The summed E-state index contributed by atoms with van der Waals surface area (Å²) in [4.78, 5) is 33.3. The van der Waals surface area contributed by atoms with Gasteiger partial charge in [-0.2, -0.15) is 0 Å². The van der Waals surface area contributed by atoms with Crippen molar-refractivity contribution in [2.24, 2.45) is 0 Å². The number of halogens is 2. The van der Waals surface area contributed by atoms with Crippen LogP contribution >= 0.6 is 0 Å². The van der Waals surface area contributed by atoms with E-state index in [1.165, 1.54) is 6.20 Å². The predicted octanol–water partition coefficient (Wildman–Crippen LogP) is 3.88. The molecule has 4 rings (SSSR count). The van der Waals surface area contributed by atoms with Crippen molar-refractivity contribution in [1.29, 1.82) is 0 Å². The highest BCUT2D eigenvalue weighted by molar-refractivity contribution is 6.04. The minimum Gasteiger partial charge on any atom is -0.353 e. The lowest BCUT2D eigenvalue weighted by atomic mass is 10.1. The highest BCUT2D eigenvalue weighted by atomic mass is 19.1. The molecule has 6 nitrogen and oxygen atoms in total. The van der Waals surface area contributed by atoms with Gasteiger partial charge in [-0.25, -0.2) is 13.8 Å². The quantitative estimate of drug-likeness (QED) is 0.674. The van der Waals surface area contributed by atoms with Crippen molar-refractivity contribution >= 4 is 23.3 Å². The van der Waals surface area contributed by atoms with Crippen molar-refractivity contribution in [2.45, 2.75) is 6.92 Å². The summed E-state index contributed by atoms with van der Waals surface area (Å²) in [5.74, 6) is -1.50. The zero-order valence-corrected chi connectivity index (χ0v) is 17.5. The zero-order valence-electron chi connectivity index (χ0n) is 17.5. The molecule has 164 valence electrons. The average Bonchev–Trinajstić information content (AvgIpc) is 2.79. The van der Waals surface area contributed by atoms with Crippen LogP contribution in [-0.2, 0) is 0 Å². The van der Waals surface area contributed by atoms with E-state index >= 15 is 0 Å². The topological polar surface area (TPSA) is 65.5 Å². The van der Waals surface area contributed by atoms with Crippen LogP contribution in [0.3, 0.4) is 0 Å². The Morgan fingerprint density at radius 3 is 2.25 bits per heavy atom. The van der Waals surface area contributed by atoms with Crippen LogP contribution < -0.4 is 10.2 Å². The lowest BCUT2D eigenvalue weighted by Crippen LogP contribution is -2.49. The van der Waals surface area contributed by atoms with E-state index in [4.69, 9.17) is 0 Å². The maximum atomic E-state index is 13.3. The number of nitrogens with one attached hydrogen (secondary N) is 1. The molecule has 0 saturated carbocycles. The Morgan fingerprint density at radius 1 is 0.938 bits per heavy atom. The van der Waals surface area contributed by atoms with Gasteiger partial charge in [0.15, 0.2) is 0 Å². The number of amides is 2. The molecule has 0 bridgehead atoms. The van der Waals surface area contributed by atoms with Crippen LogP contribution in [0.4, 0.5) is 20.3 Å². The first-order chi connectivity index (χ1) is 15.4. The molecule has 3 aromatic rings. The number of piperazine rings is 1. The summed E-state index contributed by atoms with van der Waals surface area (Å²) in [6, 6.07) is 13.7. The summed E-state index contributed by atoms with van der Waals surface area (Å²) < 4.78 is 26.6. The van der Waals surface area contributed by atoms with Gasteiger partial charge in [-0.15, -0.1) is 0 Å². The maximum absolute atomic E-state index is 13.3. The molecule has 0 radical (unpaired) electrons. The summed E-state index contributed by atoms with van der Waals surface area (Å²) in [5.41, 5.74) is 1.98. The molecular weight excluding hydrogens is 414 g/mol. The van der Waals surface area contributed by atoms with Gasteiger partial charge >= 0.3 is 0 Å². The number of anilines is 2. The normalized spacial score (nSPS) is 13.7. The van der Waals surface area contributed by atoms with Crippen LogP contribution in [0.5, 0.6) is 0 Å². The van der Waals surface area contributed by atoms with E-state index in [0.29, 0.717) is 37.9 Å². The van der Waals surface area contributed by atoms with E-state index in [0.717, 1.165) is 29.1 Å². The molecular formula is C24H22F2N4O2. The van der Waals surface area contributed by atoms with Gasteiger partial charge in [0.25, 0.3) is 11.8 Å². The fraction of sp³-hybridized carbons (Fsp3) is 0.208. The molecule has 1 saturated heterocycles. The first-order valence-corrected chi connectivity index (χ1v) is 10.2. The minimum absolute atomic E-state index is 0.0301. The van der Waals surface area contributed by atoms with E-state index in [1.807, 2.05) is 36.1 Å². The average molecular weight is 436 g/mol. The van der Waals surface area contributed by atoms with E-state index in [1.54, 1.807) is 12.1 Å². The van der Waals surface area contributed by atoms with Gasteiger partial charge in [0.1, 0.15) is 17.5 Å². The number of benzene rings is 2. The maximum Gasteiger partial charge on any atom is 0.255 e. The number of aryl methyl sites for hydroxylation is 1. The zero-order chi connectivity index (χ0) is 22.7. The van der Waals surface area contributed by atoms with Gasteiger partial charge < -0.3 is 15.1 Å². The Hall–Kier alpha value is -3.81. The molecule has 1 aliphatic heterocycles. The Labute approximate surface area is 184 Å². The number of pyridine rings is 1. The molecule has 32 heavy (non-hydrogen) atoms. The third-order valence-electron chi connectivity index (χ3n) is 5.40. The molecule has 1 aromatic heterocycles. The first-order valence-electron chi connectivity index (χ1n) is 10.2. The fourth-order valence-corrected chi connectivity index (χ4v) is 3.66. The van der Waals surface area contributed by atoms with Gasteiger partial charge in [0, 0.05) is 43.4 Å². The van der Waals surface area contributed by atoms with Crippen LogP contribution in [-0.4, -0.2) is 47.9 Å². The van der Waals surface area contributed by atoms with Gasteiger partial charge in [-0.05, 0) is 42.8 Å². The Bertz CT molecular complexity index is 1120.